The monoisotopic (exact) mass is 194 g/mol. The van der Waals surface area contributed by atoms with Gasteiger partial charge in [0.15, 0.2) is 0 Å². The van der Waals surface area contributed by atoms with Gasteiger partial charge in [-0.25, -0.2) is 13.2 Å². The van der Waals surface area contributed by atoms with E-state index in [9.17, 15) is 13.2 Å². The van der Waals surface area contributed by atoms with E-state index in [4.69, 9.17) is 0 Å². The number of nitrogens with one attached hydrogen (secondary N) is 2. The molecule has 0 radical (unpaired) electrons. The molecule has 0 rings (SSSR count). The molecule has 12 heavy (non-hydrogen) atoms. The van der Waals surface area contributed by atoms with Gasteiger partial charge in [0.25, 0.3) is 0 Å². The van der Waals surface area contributed by atoms with Gasteiger partial charge in [0.2, 0.25) is 0 Å². The van der Waals surface area contributed by atoms with Crippen molar-refractivity contribution in [3.63, 3.8) is 0 Å². The predicted molar refractivity (Wildman–Crippen MR) is 46.8 cm³/mol. The first kappa shape index (κ1) is 11.2. The van der Waals surface area contributed by atoms with E-state index >= 15 is 0 Å². The van der Waals surface area contributed by atoms with E-state index in [2.05, 4.69) is 10.6 Å². The number of hydrogen-bond acceptors (Lipinski definition) is 3. The van der Waals surface area contributed by atoms with Crippen LogP contribution in [0.1, 0.15) is 6.92 Å². The quantitative estimate of drug-likeness (QED) is 0.627. The van der Waals surface area contributed by atoms with Crippen molar-refractivity contribution in [3.8, 4) is 0 Å². The highest BCUT2D eigenvalue weighted by Gasteiger charge is 2.11. The maximum atomic E-state index is 10.7. The van der Waals surface area contributed by atoms with Crippen LogP contribution in [0.25, 0.3) is 0 Å². The number of hydrogen-bond donors (Lipinski definition) is 2. The Labute approximate surface area is 72.5 Å². The summed E-state index contributed by atoms with van der Waals surface area (Å²) in [5, 5.41) is 4.79. The summed E-state index contributed by atoms with van der Waals surface area (Å²) in [7, 11) is -1.54. The van der Waals surface area contributed by atoms with Crippen LogP contribution in [0.5, 0.6) is 0 Å². The molecule has 2 N–H and O–H groups in total. The predicted octanol–water partition coefficient (Wildman–Crippen LogP) is -0.651. The fraction of sp³-hybridized carbons (Fsp3) is 0.833. The molecule has 0 saturated heterocycles. The Hall–Kier alpha value is -0.780. The second-order valence-electron chi connectivity index (χ2n) is 2.72. The SMILES string of the molecule is CNC(=O)NC(C)CS(C)(=O)=O. The third-order valence-corrected chi connectivity index (χ3v) is 2.26. The van der Waals surface area contributed by atoms with Crippen molar-refractivity contribution in [2.24, 2.45) is 0 Å². The number of carbonyl (C=O) groups is 1. The average Bonchev–Trinajstić information content (AvgIpc) is 1.82. The zero-order valence-corrected chi connectivity index (χ0v) is 8.23. The van der Waals surface area contributed by atoms with Gasteiger partial charge in [-0.1, -0.05) is 0 Å². The molecule has 0 saturated carbocycles. The third-order valence-electron chi connectivity index (χ3n) is 1.16. The van der Waals surface area contributed by atoms with E-state index in [1.807, 2.05) is 0 Å². The van der Waals surface area contributed by atoms with E-state index in [-0.39, 0.29) is 17.8 Å². The van der Waals surface area contributed by atoms with E-state index in [1.54, 1.807) is 6.92 Å². The van der Waals surface area contributed by atoms with Gasteiger partial charge in [0.05, 0.1) is 5.75 Å². The Morgan fingerprint density at radius 3 is 2.33 bits per heavy atom. The van der Waals surface area contributed by atoms with Crippen LogP contribution in [0.4, 0.5) is 4.79 Å². The van der Waals surface area contributed by atoms with Crippen molar-refractivity contribution < 1.29 is 13.2 Å². The molecule has 0 aliphatic heterocycles. The van der Waals surface area contributed by atoms with Gasteiger partial charge in [-0.2, -0.15) is 0 Å². The molecule has 0 heterocycles. The molecule has 1 unspecified atom stereocenters. The third kappa shape index (κ3) is 5.96. The van der Waals surface area contributed by atoms with Gasteiger partial charge in [-0.3, -0.25) is 0 Å². The first-order chi connectivity index (χ1) is 5.35. The molecular formula is C6H14N2O3S. The van der Waals surface area contributed by atoms with Gasteiger partial charge in [0, 0.05) is 19.3 Å². The van der Waals surface area contributed by atoms with Crippen LogP contribution in [0.2, 0.25) is 0 Å². The standard InChI is InChI=1S/C6H14N2O3S/c1-5(4-12(3,10)11)8-6(9)7-2/h5H,4H2,1-3H3,(H2,7,8,9). The molecule has 2 amide bonds. The van der Waals surface area contributed by atoms with Crippen molar-refractivity contribution in [2.75, 3.05) is 19.1 Å². The van der Waals surface area contributed by atoms with Crippen LogP contribution < -0.4 is 10.6 Å². The van der Waals surface area contributed by atoms with Gasteiger partial charge in [0.1, 0.15) is 9.84 Å². The van der Waals surface area contributed by atoms with Gasteiger partial charge < -0.3 is 10.6 Å². The van der Waals surface area contributed by atoms with Gasteiger partial charge in [-0.15, -0.1) is 0 Å². The zero-order chi connectivity index (χ0) is 9.78. The van der Waals surface area contributed by atoms with Gasteiger partial charge in [-0.05, 0) is 6.92 Å². The molecule has 0 fully saturated rings. The molecule has 0 aliphatic carbocycles. The summed E-state index contributed by atoms with van der Waals surface area (Å²) >= 11 is 0. The number of amides is 2. The lowest BCUT2D eigenvalue weighted by Gasteiger charge is -2.11. The van der Waals surface area contributed by atoms with Crippen LogP contribution in [0, 0.1) is 0 Å². The Morgan fingerprint density at radius 2 is 2.00 bits per heavy atom. The van der Waals surface area contributed by atoms with Crippen LogP contribution in [0.15, 0.2) is 0 Å². The summed E-state index contributed by atoms with van der Waals surface area (Å²) in [6.07, 6.45) is 1.13. The molecule has 5 nitrogen and oxygen atoms in total. The number of urea groups is 1. The Morgan fingerprint density at radius 1 is 1.50 bits per heavy atom. The molecule has 1 atom stereocenters. The van der Waals surface area contributed by atoms with E-state index in [0.717, 1.165) is 6.26 Å². The van der Waals surface area contributed by atoms with Crippen LogP contribution >= 0.6 is 0 Å². The highest BCUT2D eigenvalue weighted by molar-refractivity contribution is 7.90. The second kappa shape index (κ2) is 4.30. The summed E-state index contributed by atoms with van der Waals surface area (Å²) in [5.74, 6) is -0.0413. The number of rotatable bonds is 3. The van der Waals surface area contributed by atoms with Crippen LogP contribution in [-0.2, 0) is 9.84 Å². The van der Waals surface area contributed by atoms with E-state index in [0.29, 0.717) is 0 Å². The van der Waals surface area contributed by atoms with Crippen molar-refractivity contribution >= 4 is 15.9 Å². The Bertz CT molecular complexity index is 248. The topological polar surface area (TPSA) is 75.3 Å². The van der Waals surface area contributed by atoms with Crippen molar-refractivity contribution in [1.82, 2.24) is 10.6 Å². The van der Waals surface area contributed by atoms with Crippen LogP contribution in [0.3, 0.4) is 0 Å². The fourth-order valence-electron chi connectivity index (χ4n) is 0.792. The fourth-order valence-corrected chi connectivity index (χ4v) is 1.78. The highest BCUT2D eigenvalue weighted by atomic mass is 32.2. The maximum Gasteiger partial charge on any atom is 0.314 e. The van der Waals surface area contributed by atoms with Gasteiger partial charge >= 0.3 is 6.03 Å². The molecular weight excluding hydrogens is 180 g/mol. The molecule has 72 valence electrons. The minimum atomic E-state index is -3.02. The molecule has 0 spiro atoms. The molecule has 0 aliphatic rings. The summed E-state index contributed by atoms with van der Waals surface area (Å²) in [6.45, 7) is 1.64. The smallest absolute Gasteiger partial charge is 0.314 e. The van der Waals surface area contributed by atoms with Crippen molar-refractivity contribution in [2.45, 2.75) is 13.0 Å². The van der Waals surface area contributed by atoms with E-state index < -0.39 is 9.84 Å². The highest BCUT2D eigenvalue weighted by Crippen LogP contribution is 1.89. The van der Waals surface area contributed by atoms with E-state index in [1.165, 1.54) is 7.05 Å². The number of carbonyl (C=O) groups excluding carboxylic acids is 1. The Balaban J connectivity index is 3.91. The van der Waals surface area contributed by atoms with Crippen molar-refractivity contribution in [3.05, 3.63) is 0 Å². The van der Waals surface area contributed by atoms with Crippen molar-refractivity contribution in [1.29, 1.82) is 0 Å². The number of sulfone groups is 1. The second-order valence-corrected chi connectivity index (χ2v) is 4.90. The average molecular weight is 194 g/mol. The minimum Gasteiger partial charge on any atom is -0.341 e. The summed E-state index contributed by atoms with van der Waals surface area (Å²) in [4.78, 5) is 10.7. The molecule has 6 heteroatoms. The molecule has 0 aromatic heterocycles. The summed E-state index contributed by atoms with van der Waals surface area (Å²) in [5.41, 5.74) is 0. The minimum absolute atomic E-state index is 0.0413. The Kier molecular flexibility index (Phi) is 4.02. The first-order valence-electron chi connectivity index (χ1n) is 3.51. The maximum absolute atomic E-state index is 10.7. The molecule has 0 bridgehead atoms. The zero-order valence-electron chi connectivity index (χ0n) is 7.42. The summed E-state index contributed by atoms with van der Waals surface area (Å²) < 4.78 is 21.5. The van der Waals surface area contributed by atoms with Crippen LogP contribution in [-0.4, -0.2) is 39.5 Å². The lowest BCUT2D eigenvalue weighted by atomic mass is 10.4. The molecule has 0 aromatic carbocycles. The molecule has 0 aromatic rings. The normalized spacial score (nSPS) is 13.6. The summed E-state index contributed by atoms with van der Waals surface area (Å²) in [6, 6.07) is -0.730. The first-order valence-corrected chi connectivity index (χ1v) is 5.57. The lowest BCUT2D eigenvalue weighted by molar-refractivity contribution is 0.240. The lowest BCUT2D eigenvalue weighted by Crippen LogP contribution is -2.42. The largest absolute Gasteiger partial charge is 0.341 e.